The minimum absolute atomic E-state index is 0.0891. The maximum atomic E-state index is 12.5. The summed E-state index contributed by atoms with van der Waals surface area (Å²) in [5.74, 6) is 0.299. The van der Waals surface area contributed by atoms with E-state index < -0.39 is 17.6 Å². The number of halogens is 4. The van der Waals surface area contributed by atoms with E-state index in [1.807, 2.05) is 4.90 Å². The Morgan fingerprint density at radius 2 is 1.89 bits per heavy atom. The van der Waals surface area contributed by atoms with Crippen molar-refractivity contribution in [3.63, 3.8) is 0 Å². The first-order valence-electron chi connectivity index (χ1n) is 8.67. The van der Waals surface area contributed by atoms with E-state index in [9.17, 15) is 18.0 Å². The van der Waals surface area contributed by atoms with Crippen molar-refractivity contribution in [3.8, 4) is 0 Å². The Bertz CT molecular complexity index is 825. The minimum atomic E-state index is -4.43. The molecule has 2 aromatic heterocycles. The first kappa shape index (κ1) is 20.1. The third kappa shape index (κ3) is 5.00. The number of aromatic nitrogens is 3. The number of alkyl halides is 3. The molecular formula is C17H18ClF3N6O. The summed E-state index contributed by atoms with van der Waals surface area (Å²) in [5, 5.41) is 5.65. The average molecular weight is 415 g/mol. The third-order valence-corrected chi connectivity index (χ3v) is 4.42. The molecule has 7 nitrogen and oxygen atoms in total. The van der Waals surface area contributed by atoms with Gasteiger partial charge in [0, 0.05) is 32.4 Å². The van der Waals surface area contributed by atoms with Gasteiger partial charge >= 0.3 is 6.18 Å². The largest absolute Gasteiger partial charge is 0.417 e. The predicted molar refractivity (Wildman–Crippen MR) is 98.6 cm³/mol. The summed E-state index contributed by atoms with van der Waals surface area (Å²) >= 11 is 6.04. The standard InChI is InChI=1S/C17H18ClF3N6O/c18-12-10-25-16(27-7-1-2-8-27)26-14(12)15(28)23-6-5-22-13-4-3-11(9-24-13)17(19,20)21/h3-4,9-10H,1-2,5-8H2,(H,22,24)(H,23,28). The molecule has 0 aromatic carbocycles. The molecule has 1 aliphatic heterocycles. The van der Waals surface area contributed by atoms with Crippen molar-refractivity contribution in [2.24, 2.45) is 0 Å². The van der Waals surface area contributed by atoms with Gasteiger partial charge in [0.2, 0.25) is 5.95 Å². The molecule has 0 radical (unpaired) electrons. The molecule has 1 saturated heterocycles. The molecule has 0 saturated carbocycles. The van der Waals surface area contributed by atoms with Gasteiger partial charge < -0.3 is 15.5 Å². The van der Waals surface area contributed by atoms with E-state index >= 15 is 0 Å². The quantitative estimate of drug-likeness (QED) is 0.707. The Morgan fingerprint density at radius 1 is 1.14 bits per heavy atom. The first-order chi connectivity index (χ1) is 13.3. The monoisotopic (exact) mass is 414 g/mol. The highest BCUT2D eigenvalue weighted by atomic mass is 35.5. The molecule has 3 rings (SSSR count). The van der Waals surface area contributed by atoms with Crippen LogP contribution in [0.4, 0.5) is 24.9 Å². The highest BCUT2D eigenvalue weighted by molar-refractivity contribution is 6.33. The number of carbonyl (C=O) groups is 1. The first-order valence-corrected chi connectivity index (χ1v) is 9.05. The molecule has 1 amide bonds. The van der Waals surface area contributed by atoms with E-state index in [1.54, 1.807) is 0 Å². The number of hydrogen-bond acceptors (Lipinski definition) is 6. The average Bonchev–Trinajstić information content (AvgIpc) is 3.20. The van der Waals surface area contributed by atoms with Gasteiger partial charge in [0.15, 0.2) is 5.69 Å². The summed E-state index contributed by atoms with van der Waals surface area (Å²) in [6, 6.07) is 2.17. The molecule has 0 spiro atoms. The lowest BCUT2D eigenvalue weighted by molar-refractivity contribution is -0.137. The summed E-state index contributed by atoms with van der Waals surface area (Å²) in [4.78, 5) is 26.4. The molecule has 28 heavy (non-hydrogen) atoms. The molecule has 0 aliphatic carbocycles. The van der Waals surface area contributed by atoms with E-state index in [0.717, 1.165) is 38.2 Å². The van der Waals surface area contributed by atoms with Gasteiger partial charge in [-0.05, 0) is 25.0 Å². The van der Waals surface area contributed by atoms with E-state index in [0.29, 0.717) is 5.95 Å². The second kappa shape index (κ2) is 8.59. The number of rotatable bonds is 6. The molecule has 2 N–H and O–H groups in total. The van der Waals surface area contributed by atoms with Crippen LogP contribution >= 0.6 is 11.6 Å². The van der Waals surface area contributed by atoms with E-state index in [2.05, 4.69) is 25.6 Å². The smallest absolute Gasteiger partial charge is 0.368 e. The van der Waals surface area contributed by atoms with Crippen LogP contribution in [0.1, 0.15) is 28.9 Å². The second-order valence-corrected chi connectivity index (χ2v) is 6.58. The Labute approximate surface area is 164 Å². The maximum Gasteiger partial charge on any atom is 0.417 e. The lowest BCUT2D eigenvalue weighted by Crippen LogP contribution is -2.30. The van der Waals surface area contributed by atoms with Crippen LogP contribution < -0.4 is 15.5 Å². The molecule has 3 heterocycles. The normalized spacial score (nSPS) is 14.2. The highest BCUT2D eigenvalue weighted by Gasteiger charge is 2.30. The molecule has 1 aliphatic rings. The molecule has 0 unspecified atom stereocenters. The summed E-state index contributed by atoms with van der Waals surface area (Å²) in [6.45, 7) is 2.16. The van der Waals surface area contributed by atoms with Crippen molar-refractivity contribution >= 4 is 29.3 Å². The zero-order valence-corrected chi connectivity index (χ0v) is 15.5. The molecule has 2 aromatic rings. The predicted octanol–water partition coefficient (Wildman–Crippen LogP) is 2.99. The fourth-order valence-corrected chi connectivity index (χ4v) is 2.88. The Kier molecular flexibility index (Phi) is 6.18. The van der Waals surface area contributed by atoms with Crippen LogP contribution in [-0.4, -0.2) is 47.0 Å². The molecule has 1 fully saturated rings. The Hall–Kier alpha value is -2.62. The summed E-state index contributed by atoms with van der Waals surface area (Å²) in [6.07, 6.45) is -0.165. The van der Waals surface area contributed by atoms with Gasteiger partial charge in [0.25, 0.3) is 5.91 Å². The summed E-state index contributed by atoms with van der Waals surface area (Å²) in [5.41, 5.74) is -0.732. The van der Waals surface area contributed by atoms with E-state index in [-0.39, 0.29) is 29.6 Å². The lowest BCUT2D eigenvalue weighted by atomic mass is 10.3. The highest BCUT2D eigenvalue weighted by Crippen LogP contribution is 2.28. The van der Waals surface area contributed by atoms with Crippen molar-refractivity contribution in [2.75, 3.05) is 36.4 Å². The van der Waals surface area contributed by atoms with Crippen molar-refractivity contribution in [1.29, 1.82) is 0 Å². The van der Waals surface area contributed by atoms with E-state index in [4.69, 9.17) is 11.6 Å². The van der Waals surface area contributed by atoms with Crippen molar-refractivity contribution < 1.29 is 18.0 Å². The lowest BCUT2D eigenvalue weighted by Gasteiger charge is -2.16. The van der Waals surface area contributed by atoms with Gasteiger partial charge in [0.05, 0.1) is 16.8 Å². The maximum absolute atomic E-state index is 12.5. The van der Waals surface area contributed by atoms with Crippen molar-refractivity contribution in [1.82, 2.24) is 20.3 Å². The zero-order chi connectivity index (χ0) is 20.1. The van der Waals surface area contributed by atoms with Crippen molar-refractivity contribution in [2.45, 2.75) is 19.0 Å². The van der Waals surface area contributed by atoms with Gasteiger partial charge in [0.1, 0.15) is 5.82 Å². The number of amides is 1. The van der Waals surface area contributed by atoms with Crippen LogP contribution in [-0.2, 0) is 6.18 Å². The fraction of sp³-hybridized carbons (Fsp3) is 0.412. The topological polar surface area (TPSA) is 83.0 Å². The number of nitrogens with one attached hydrogen (secondary N) is 2. The van der Waals surface area contributed by atoms with Gasteiger partial charge in [-0.2, -0.15) is 13.2 Å². The number of carbonyl (C=O) groups excluding carboxylic acids is 1. The van der Waals surface area contributed by atoms with Gasteiger partial charge in [-0.3, -0.25) is 4.79 Å². The van der Waals surface area contributed by atoms with Crippen LogP contribution in [0.3, 0.4) is 0 Å². The van der Waals surface area contributed by atoms with Crippen LogP contribution in [0, 0.1) is 0 Å². The number of nitrogens with zero attached hydrogens (tertiary/aromatic N) is 4. The molecule has 0 bridgehead atoms. The summed E-state index contributed by atoms with van der Waals surface area (Å²) in [7, 11) is 0. The van der Waals surface area contributed by atoms with Gasteiger partial charge in [-0.1, -0.05) is 11.6 Å². The Morgan fingerprint density at radius 3 is 2.54 bits per heavy atom. The van der Waals surface area contributed by atoms with Crippen LogP contribution in [0.25, 0.3) is 0 Å². The fourth-order valence-electron chi connectivity index (χ4n) is 2.70. The number of pyridine rings is 1. The second-order valence-electron chi connectivity index (χ2n) is 6.17. The van der Waals surface area contributed by atoms with Crippen LogP contribution in [0.2, 0.25) is 5.02 Å². The van der Waals surface area contributed by atoms with Crippen LogP contribution in [0.15, 0.2) is 24.5 Å². The minimum Gasteiger partial charge on any atom is -0.368 e. The Balaban J connectivity index is 1.51. The summed E-state index contributed by atoms with van der Waals surface area (Å²) < 4.78 is 37.5. The van der Waals surface area contributed by atoms with Gasteiger partial charge in [-0.15, -0.1) is 0 Å². The molecular weight excluding hydrogens is 397 g/mol. The van der Waals surface area contributed by atoms with E-state index in [1.165, 1.54) is 12.3 Å². The molecule has 150 valence electrons. The molecule has 11 heteroatoms. The SMILES string of the molecule is O=C(NCCNc1ccc(C(F)(F)F)cn1)c1nc(N2CCCC2)ncc1Cl. The third-order valence-electron chi connectivity index (χ3n) is 4.14. The molecule has 0 atom stereocenters. The number of hydrogen-bond donors (Lipinski definition) is 2. The zero-order valence-electron chi connectivity index (χ0n) is 14.8. The van der Waals surface area contributed by atoms with Gasteiger partial charge in [-0.25, -0.2) is 15.0 Å². The number of anilines is 2. The van der Waals surface area contributed by atoms with Crippen LogP contribution in [0.5, 0.6) is 0 Å². The van der Waals surface area contributed by atoms with Crippen molar-refractivity contribution in [3.05, 3.63) is 40.8 Å².